The zero-order valence-electron chi connectivity index (χ0n) is 10.8. The topological polar surface area (TPSA) is 44.8 Å². The number of ether oxygens (including phenoxy) is 1. The van der Waals surface area contributed by atoms with Gasteiger partial charge in [0.15, 0.2) is 0 Å². The van der Waals surface area contributed by atoms with Crippen LogP contribution in [0, 0.1) is 0 Å². The van der Waals surface area contributed by atoms with Gasteiger partial charge >= 0.3 is 0 Å². The van der Waals surface area contributed by atoms with E-state index in [0.717, 1.165) is 32.7 Å². The molecule has 0 aromatic carbocycles. The Bertz CT molecular complexity index is 272. The SMILES string of the molecule is CC1CN(C(=O)CN2CCN[C@H](C)C2)CCO1. The molecule has 0 saturated carbocycles. The van der Waals surface area contributed by atoms with Crippen molar-refractivity contribution < 1.29 is 9.53 Å². The number of morpholine rings is 1. The molecule has 2 fully saturated rings. The van der Waals surface area contributed by atoms with Crippen LogP contribution in [0.25, 0.3) is 0 Å². The number of hydrogen-bond acceptors (Lipinski definition) is 4. The number of piperazine rings is 1. The van der Waals surface area contributed by atoms with E-state index in [2.05, 4.69) is 17.1 Å². The van der Waals surface area contributed by atoms with Crippen LogP contribution in [0.5, 0.6) is 0 Å². The molecule has 0 spiro atoms. The minimum Gasteiger partial charge on any atom is -0.375 e. The van der Waals surface area contributed by atoms with E-state index in [4.69, 9.17) is 4.74 Å². The number of carbonyl (C=O) groups is 1. The molecule has 0 aromatic heterocycles. The molecule has 2 saturated heterocycles. The Morgan fingerprint density at radius 1 is 1.35 bits per heavy atom. The fourth-order valence-electron chi connectivity index (χ4n) is 2.49. The molecule has 0 bridgehead atoms. The van der Waals surface area contributed by atoms with Gasteiger partial charge in [-0.1, -0.05) is 0 Å². The lowest BCUT2D eigenvalue weighted by molar-refractivity contribution is -0.139. The summed E-state index contributed by atoms with van der Waals surface area (Å²) in [5.74, 6) is 0.245. The van der Waals surface area contributed by atoms with Gasteiger partial charge in [0.25, 0.3) is 0 Å². The molecule has 2 atom stereocenters. The number of nitrogens with zero attached hydrogens (tertiary/aromatic N) is 2. The molecule has 0 aliphatic carbocycles. The monoisotopic (exact) mass is 241 g/mol. The minimum atomic E-state index is 0.176. The van der Waals surface area contributed by atoms with E-state index in [-0.39, 0.29) is 12.0 Å². The van der Waals surface area contributed by atoms with Gasteiger partial charge < -0.3 is 15.0 Å². The van der Waals surface area contributed by atoms with Crippen molar-refractivity contribution in [3.63, 3.8) is 0 Å². The third-order valence-corrected chi connectivity index (χ3v) is 3.41. The predicted molar refractivity (Wildman–Crippen MR) is 65.9 cm³/mol. The summed E-state index contributed by atoms with van der Waals surface area (Å²) >= 11 is 0. The van der Waals surface area contributed by atoms with Gasteiger partial charge in [-0.05, 0) is 13.8 Å². The first-order chi connectivity index (χ1) is 8.15. The summed E-state index contributed by atoms with van der Waals surface area (Å²) in [6.07, 6.45) is 0.176. The Morgan fingerprint density at radius 3 is 2.88 bits per heavy atom. The third-order valence-electron chi connectivity index (χ3n) is 3.41. The largest absolute Gasteiger partial charge is 0.375 e. The highest BCUT2D eigenvalue weighted by atomic mass is 16.5. The molecule has 0 aromatic rings. The maximum Gasteiger partial charge on any atom is 0.236 e. The lowest BCUT2D eigenvalue weighted by atomic mass is 10.2. The second-order valence-corrected chi connectivity index (χ2v) is 5.11. The van der Waals surface area contributed by atoms with Crippen molar-refractivity contribution >= 4 is 5.91 Å². The average molecular weight is 241 g/mol. The zero-order valence-corrected chi connectivity index (χ0v) is 10.8. The number of carbonyl (C=O) groups excluding carboxylic acids is 1. The van der Waals surface area contributed by atoms with E-state index in [9.17, 15) is 4.79 Å². The molecule has 98 valence electrons. The Labute approximate surface area is 103 Å². The van der Waals surface area contributed by atoms with Crippen molar-refractivity contribution in [2.75, 3.05) is 45.9 Å². The number of amides is 1. The lowest BCUT2D eigenvalue weighted by Gasteiger charge is -2.35. The van der Waals surface area contributed by atoms with Crippen LogP contribution in [0.3, 0.4) is 0 Å². The second kappa shape index (κ2) is 5.80. The van der Waals surface area contributed by atoms with Crippen LogP contribution in [0.15, 0.2) is 0 Å². The van der Waals surface area contributed by atoms with Crippen LogP contribution in [-0.4, -0.2) is 73.7 Å². The molecule has 2 rings (SSSR count). The van der Waals surface area contributed by atoms with E-state index in [1.54, 1.807) is 0 Å². The molecule has 0 radical (unpaired) electrons. The molecular formula is C12H23N3O2. The molecule has 1 unspecified atom stereocenters. The lowest BCUT2D eigenvalue weighted by Crippen LogP contribution is -2.54. The summed E-state index contributed by atoms with van der Waals surface area (Å²) in [6.45, 7) is 9.80. The molecule has 5 nitrogen and oxygen atoms in total. The highest BCUT2D eigenvalue weighted by Crippen LogP contribution is 2.06. The van der Waals surface area contributed by atoms with Gasteiger partial charge in [0.2, 0.25) is 5.91 Å². The van der Waals surface area contributed by atoms with Crippen molar-refractivity contribution in [2.45, 2.75) is 26.0 Å². The van der Waals surface area contributed by atoms with E-state index in [1.807, 2.05) is 11.8 Å². The van der Waals surface area contributed by atoms with Crippen molar-refractivity contribution in [3.8, 4) is 0 Å². The smallest absolute Gasteiger partial charge is 0.236 e. The first-order valence-electron chi connectivity index (χ1n) is 6.50. The number of rotatable bonds is 2. The maximum atomic E-state index is 12.1. The quantitative estimate of drug-likeness (QED) is 0.710. The number of hydrogen-bond donors (Lipinski definition) is 1. The summed E-state index contributed by atoms with van der Waals surface area (Å²) in [6, 6.07) is 0.486. The normalized spacial score (nSPS) is 31.5. The highest BCUT2D eigenvalue weighted by Gasteiger charge is 2.24. The van der Waals surface area contributed by atoms with Crippen molar-refractivity contribution in [2.24, 2.45) is 0 Å². The van der Waals surface area contributed by atoms with Gasteiger partial charge in [-0.15, -0.1) is 0 Å². The Kier molecular flexibility index (Phi) is 4.36. The van der Waals surface area contributed by atoms with E-state index in [1.165, 1.54) is 0 Å². The predicted octanol–water partition coefficient (Wildman–Crippen LogP) is -0.473. The second-order valence-electron chi connectivity index (χ2n) is 5.11. The van der Waals surface area contributed by atoms with Gasteiger partial charge in [-0.3, -0.25) is 9.69 Å². The van der Waals surface area contributed by atoms with Crippen molar-refractivity contribution in [3.05, 3.63) is 0 Å². The van der Waals surface area contributed by atoms with E-state index >= 15 is 0 Å². The third kappa shape index (κ3) is 3.66. The van der Waals surface area contributed by atoms with Gasteiger partial charge in [-0.25, -0.2) is 0 Å². The van der Waals surface area contributed by atoms with Gasteiger partial charge in [-0.2, -0.15) is 0 Å². The molecule has 1 N–H and O–H groups in total. The molecule has 2 aliphatic heterocycles. The van der Waals surface area contributed by atoms with Crippen LogP contribution in [0.1, 0.15) is 13.8 Å². The van der Waals surface area contributed by atoms with E-state index in [0.29, 0.717) is 19.2 Å². The van der Waals surface area contributed by atoms with Gasteiger partial charge in [0, 0.05) is 38.8 Å². The maximum absolute atomic E-state index is 12.1. The standard InChI is InChI=1S/C12H23N3O2/c1-10-7-14(4-3-13-10)9-12(16)15-5-6-17-11(2)8-15/h10-11,13H,3-9H2,1-2H3/t10-,11?/m1/s1. The summed E-state index contributed by atoms with van der Waals surface area (Å²) < 4.78 is 5.45. The van der Waals surface area contributed by atoms with Gasteiger partial charge in [0.1, 0.15) is 0 Å². The van der Waals surface area contributed by atoms with Gasteiger partial charge in [0.05, 0.1) is 19.3 Å². The molecule has 1 amide bonds. The summed E-state index contributed by atoms with van der Waals surface area (Å²) in [5.41, 5.74) is 0. The molecule has 2 aliphatic rings. The molecule has 2 heterocycles. The number of nitrogens with one attached hydrogen (secondary N) is 1. The Hall–Kier alpha value is -0.650. The van der Waals surface area contributed by atoms with Crippen LogP contribution in [-0.2, 0) is 9.53 Å². The molecule has 17 heavy (non-hydrogen) atoms. The minimum absolute atomic E-state index is 0.176. The summed E-state index contributed by atoms with van der Waals surface area (Å²) in [5, 5.41) is 3.39. The van der Waals surface area contributed by atoms with E-state index < -0.39 is 0 Å². The average Bonchev–Trinajstić information content (AvgIpc) is 2.29. The van der Waals surface area contributed by atoms with Crippen LogP contribution >= 0.6 is 0 Å². The van der Waals surface area contributed by atoms with Crippen LogP contribution in [0.4, 0.5) is 0 Å². The fraction of sp³-hybridized carbons (Fsp3) is 0.917. The van der Waals surface area contributed by atoms with Crippen LogP contribution in [0.2, 0.25) is 0 Å². The Balaban J connectivity index is 1.79. The first kappa shape index (κ1) is 12.8. The van der Waals surface area contributed by atoms with Crippen molar-refractivity contribution in [1.29, 1.82) is 0 Å². The highest BCUT2D eigenvalue weighted by molar-refractivity contribution is 5.78. The summed E-state index contributed by atoms with van der Waals surface area (Å²) in [7, 11) is 0. The molecule has 5 heteroatoms. The van der Waals surface area contributed by atoms with Crippen LogP contribution < -0.4 is 5.32 Å². The zero-order chi connectivity index (χ0) is 12.3. The van der Waals surface area contributed by atoms with Crippen molar-refractivity contribution in [1.82, 2.24) is 15.1 Å². The fourth-order valence-corrected chi connectivity index (χ4v) is 2.49. The molecular weight excluding hydrogens is 218 g/mol. The first-order valence-corrected chi connectivity index (χ1v) is 6.50. The summed E-state index contributed by atoms with van der Waals surface area (Å²) in [4.78, 5) is 16.3. The Morgan fingerprint density at radius 2 is 2.18 bits per heavy atom.